The predicted octanol–water partition coefficient (Wildman–Crippen LogP) is 2.00. The van der Waals surface area contributed by atoms with Crippen molar-refractivity contribution in [2.24, 2.45) is 7.05 Å². The standard InChI is InChI=1S/C8H9F6N2O/c1-5-15(2)3-4-16(5)7(10,11)6(9)17-8(12,13)14/h3-4,6H,1-2H3/q+1. The molecule has 0 saturated carbocycles. The summed E-state index contributed by atoms with van der Waals surface area (Å²) in [5.41, 5.74) is 0. The Morgan fingerprint density at radius 2 is 1.82 bits per heavy atom. The minimum Gasteiger partial charge on any atom is -0.246 e. The van der Waals surface area contributed by atoms with Gasteiger partial charge in [-0.2, -0.15) is 13.3 Å². The lowest BCUT2D eigenvalue weighted by Crippen LogP contribution is -2.41. The second-order valence-electron chi connectivity index (χ2n) is 3.29. The van der Waals surface area contributed by atoms with Gasteiger partial charge in [0.2, 0.25) is 0 Å². The van der Waals surface area contributed by atoms with Crippen LogP contribution in [0.15, 0.2) is 12.4 Å². The van der Waals surface area contributed by atoms with Gasteiger partial charge >= 0.3 is 18.8 Å². The van der Waals surface area contributed by atoms with Crippen LogP contribution in [0.1, 0.15) is 5.82 Å². The molecule has 0 aliphatic rings. The second kappa shape index (κ2) is 4.21. The van der Waals surface area contributed by atoms with E-state index in [9.17, 15) is 26.3 Å². The number of aromatic nitrogens is 2. The molecule has 0 aromatic carbocycles. The zero-order chi connectivity index (χ0) is 13.4. The highest BCUT2D eigenvalue weighted by atomic mass is 19.4. The maximum Gasteiger partial charge on any atom is 0.525 e. The number of imidazole rings is 1. The monoisotopic (exact) mass is 263 g/mol. The fraction of sp³-hybridized carbons (Fsp3) is 0.625. The van der Waals surface area contributed by atoms with Crippen LogP contribution in [0.4, 0.5) is 26.3 Å². The predicted molar refractivity (Wildman–Crippen MR) is 42.6 cm³/mol. The molecule has 9 heteroatoms. The highest BCUT2D eigenvalue weighted by molar-refractivity contribution is 4.86. The number of ether oxygens (including phenoxy) is 1. The second-order valence-corrected chi connectivity index (χ2v) is 3.29. The van der Waals surface area contributed by atoms with E-state index in [2.05, 4.69) is 4.74 Å². The third-order valence-electron chi connectivity index (χ3n) is 2.13. The normalized spacial score (nSPS) is 15.1. The van der Waals surface area contributed by atoms with E-state index in [0.717, 1.165) is 12.4 Å². The number of hydrogen-bond donors (Lipinski definition) is 0. The third kappa shape index (κ3) is 2.90. The van der Waals surface area contributed by atoms with Crippen LogP contribution in [0, 0.1) is 6.92 Å². The van der Waals surface area contributed by atoms with Gasteiger partial charge in [0.05, 0.1) is 7.05 Å². The minimum atomic E-state index is -5.47. The average Bonchev–Trinajstić information content (AvgIpc) is 2.45. The van der Waals surface area contributed by atoms with Crippen molar-refractivity contribution in [3.63, 3.8) is 0 Å². The molecule has 1 aromatic rings. The number of rotatable bonds is 3. The van der Waals surface area contributed by atoms with Gasteiger partial charge in [0.25, 0.3) is 5.82 Å². The zero-order valence-corrected chi connectivity index (χ0v) is 8.80. The average molecular weight is 263 g/mol. The molecule has 0 radical (unpaired) electrons. The Morgan fingerprint density at radius 3 is 2.18 bits per heavy atom. The van der Waals surface area contributed by atoms with E-state index in [0.29, 0.717) is 0 Å². The van der Waals surface area contributed by atoms with E-state index >= 15 is 0 Å². The number of hydrogen-bond acceptors (Lipinski definition) is 1. The first kappa shape index (κ1) is 13.8. The van der Waals surface area contributed by atoms with E-state index < -0.39 is 18.8 Å². The fourth-order valence-corrected chi connectivity index (χ4v) is 1.17. The Balaban J connectivity index is 2.98. The molecule has 0 fully saturated rings. The maximum absolute atomic E-state index is 13.3. The summed E-state index contributed by atoms with van der Waals surface area (Å²) in [6.45, 7) is 1.20. The van der Waals surface area contributed by atoms with E-state index in [-0.39, 0.29) is 10.4 Å². The molecule has 0 saturated heterocycles. The van der Waals surface area contributed by atoms with E-state index in [4.69, 9.17) is 0 Å². The summed E-state index contributed by atoms with van der Waals surface area (Å²) >= 11 is 0. The Morgan fingerprint density at radius 1 is 1.29 bits per heavy atom. The van der Waals surface area contributed by atoms with E-state index in [1.54, 1.807) is 0 Å². The lowest BCUT2D eigenvalue weighted by molar-refractivity contribution is -0.678. The molecule has 3 nitrogen and oxygen atoms in total. The van der Waals surface area contributed by atoms with Crippen LogP contribution in [0.2, 0.25) is 0 Å². The van der Waals surface area contributed by atoms with Crippen molar-refractivity contribution in [3.8, 4) is 0 Å². The Hall–Kier alpha value is -1.25. The van der Waals surface area contributed by atoms with Crippen molar-refractivity contribution in [1.29, 1.82) is 0 Å². The zero-order valence-electron chi connectivity index (χ0n) is 8.80. The van der Waals surface area contributed by atoms with Gasteiger partial charge in [-0.1, -0.05) is 0 Å². The number of aryl methyl sites for hydroxylation is 1. The summed E-state index contributed by atoms with van der Waals surface area (Å²) in [4.78, 5) is 0. The molecule has 17 heavy (non-hydrogen) atoms. The minimum absolute atomic E-state index is 0.0728. The van der Waals surface area contributed by atoms with Gasteiger partial charge in [0.15, 0.2) is 0 Å². The fourth-order valence-electron chi connectivity index (χ4n) is 1.17. The molecule has 1 unspecified atom stereocenters. The summed E-state index contributed by atoms with van der Waals surface area (Å²) in [5, 5.41) is 0. The van der Waals surface area contributed by atoms with Crippen molar-refractivity contribution in [3.05, 3.63) is 18.2 Å². The van der Waals surface area contributed by atoms with Gasteiger partial charge in [-0.15, -0.1) is 13.2 Å². The van der Waals surface area contributed by atoms with Gasteiger partial charge < -0.3 is 0 Å². The first-order valence-electron chi connectivity index (χ1n) is 4.36. The molecular weight excluding hydrogens is 254 g/mol. The first-order valence-corrected chi connectivity index (χ1v) is 4.36. The topological polar surface area (TPSA) is 18.0 Å². The van der Waals surface area contributed by atoms with E-state index in [1.807, 2.05) is 0 Å². The lowest BCUT2D eigenvalue weighted by atomic mass is 10.5. The van der Waals surface area contributed by atoms with Crippen LogP contribution >= 0.6 is 0 Å². The molecule has 0 N–H and O–H groups in total. The van der Waals surface area contributed by atoms with Gasteiger partial charge in [-0.3, -0.25) is 0 Å². The SMILES string of the molecule is Cc1n(C(F)(F)C(F)OC(F)(F)F)cc[n+]1C. The van der Waals surface area contributed by atoms with Gasteiger partial charge in [-0.05, 0) is 0 Å². The summed E-state index contributed by atoms with van der Waals surface area (Å²) < 4.78 is 78.3. The molecule has 0 bridgehead atoms. The van der Waals surface area contributed by atoms with Crippen LogP contribution in [0.3, 0.4) is 0 Å². The molecule has 1 atom stereocenters. The summed E-state index contributed by atoms with van der Waals surface area (Å²) in [6, 6.07) is -4.44. The highest BCUT2D eigenvalue weighted by Gasteiger charge is 2.54. The molecule has 0 amide bonds. The maximum atomic E-state index is 13.3. The molecule has 1 aromatic heterocycles. The Labute approximate surface area is 92.2 Å². The number of nitrogens with zero attached hydrogens (tertiary/aromatic N) is 2. The molecule has 1 rings (SSSR count). The van der Waals surface area contributed by atoms with Crippen LogP contribution in [-0.2, 0) is 17.8 Å². The lowest BCUT2D eigenvalue weighted by Gasteiger charge is -2.19. The largest absolute Gasteiger partial charge is 0.525 e. The Bertz CT molecular complexity index is 399. The van der Waals surface area contributed by atoms with Crippen molar-refractivity contribution < 1.29 is 35.6 Å². The molecule has 0 spiro atoms. The van der Waals surface area contributed by atoms with Crippen LogP contribution in [0.5, 0.6) is 0 Å². The highest BCUT2D eigenvalue weighted by Crippen LogP contribution is 2.33. The molecular formula is C8H9F6N2O+. The molecule has 1 heterocycles. The smallest absolute Gasteiger partial charge is 0.246 e. The molecule has 0 aliphatic carbocycles. The van der Waals surface area contributed by atoms with Crippen LogP contribution in [-0.4, -0.2) is 17.3 Å². The summed E-state index contributed by atoms with van der Waals surface area (Å²) in [6.07, 6.45) is -7.36. The van der Waals surface area contributed by atoms with Crippen molar-refractivity contribution in [2.75, 3.05) is 0 Å². The Kier molecular flexibility index (Phi) is 3.42. The first-order chi connectivity index (χ1) is 7.55. The van der Waals surface area contributed by atoms with Gasteiger partial charge in [-0.25, -0.2) is 13.7 Å². The van der Waals surface area contributed by atoms with Crippen LogP contribution < -0.4 is 4.57 Å². The molecule has 98 valence electrons. The summed E-state index contributed by atoms with van der Waals surface area (Å²) in [7, 11) is 1.39. The number of halogens is 6. The quantitative estimate of drug-likeness (QED) is 0.602. The number of alkyl halides is 6. The van der Waals surface area contributed by atoms with E-state index in [1.165, 1.54) is 18.5 Å². The summed E-state index contributed by atoms with van der Waals surface area (Å²) in [5.74, 6) is -0.122. The van der Waals surface area contributed by atoms with Crippen molar-refractivity contribution in [2.45, 2.75) is 25.7 Å². The van der Waals surface area contributed by atoms with Gasteiger partial charge in [0.1, 0.15) is 12.4 Å². The van der Waals surface area contributed by atoms with Gasteiger partial charge in [0, 0.05) is 6.92 Å². The van der Waals surface area contributed by atoms with Crippen LogP contribution in [0.25, 0.3) is 0 Å². The van der Waals surface area contributed by atoms with Crippen molar-refractivity contribution in [1.82, 2.24) is 4.57 Å². The molecule has 0 aliphatic heterocycles. The third-order valence-corrected chi connectivity index (χ3v) is 2.13. The van der Waals surface area contributed by atoms with Crippen molar-refractivity contribution >= 4 is 0 Å².